The number of carbonyl (C=O) groups excluding carboxylic acids is 1. The van der Waals surface area contributed by atoms with Gasteiger partial charge in [0.15, 0.2) is 0 Å². The van der Waals surface area contributed by atoms with E-state index >= 15 is 4.79 Å². The third kappa shape index (κ3) is 7.59. The van der Waals surface area contributed by atoms with Crippen molar-refractivity contribution in [3.8, 4) is 0 Å². The van der Waals surface area contributed by atoms with Crippen LogP contribution in [0.25, 0.3) is 0 Å². The molecule has 0 aliphatic rings. The molecule has 0 fully saturated rings. The summed E-state index contributed by atoms with van der Waals surface area (Å²) in [7, 11) is 8.23. The number of carbonyl (C=O) groups is 1. The summed E-state index contributed by atoms with van der Waals surface area (Å²) in [5.74, 6) is 0. The molecule has 0 saturated heterocycles. The minimum Gasteiger partial charge on any atom is 1.00 e. The van der Waals surface area contributed by atoms with Crippen LogP contribution in [0.4, 0.5) is 4.79 Å². The summed E-state index contributed by atoms with van der Waals surface area (Å²) >= 11 is -1.66. The zero-order valence-corrected chi connectivity index (χ0v) is 31.6. The molecule has 0 aromatic heterocycles. The molecule has 0 spiro atoms. The van der Waals surface area contributed by atoms with Gasteiger partial charge < -0.3 is 0 Å². The molecule has 234 valence electrons. The Morgan fingerprint density at radius 3 is 0.622 bits per heavy atom. The molecule has 0 N–H and O–H groups in total. The van der Waals surface area contributed by atoms with E-state index in [4.69, 9.17) is 29.1 Å². The van der Waals surface area contributed by atoms with Crippen molar-refractivity contribution in [3.63, 3.8) is 0 Å². The molecule has 6 aromatic rings. The molecule has 0 saturated carbocycles. The number of hydrogen-bond acceptors (Lipinski definition) is 1. The second-order valence-electron chi connectivity index (χ2n) is 10.2. The normalized spacial score (nSPS) is 12.0. The molecule has 6 rings (SSSR count). The molecular weight excluding hydrogens is 835 g/mol. The Morgan fingerprint density at radius 2 is 0.489 bits per heavy atom. The van der Waals surface area contributed by atoms with Crippen molar-refractivity contribution in [3.05, 3.63) is 182 Å². The molecule has 0 aliphatic heterocycles. The summed E-state index contributed by atoms with van der Waals surface area (Å²) in [4.78, 5) is 16.4. The Hall–Kier alpha value is -2.03. The van der Waals surface area contributed by atoms with Crippen LogP contribution in [-0.2, 0) is 32.5 Å². The van der Waals surface area contributed by atoms with Gasteiger partial charge in [-0.2, -0.15) is 0 Å². The van der Waals surface area contributed by atoms with Crippen molar-refractivity contribution in [2.24, 2.45) is 0 Å². The van der Waals surface area contributed by atoms with Gasteiger partial charge >= 0.3 is 300 Å². The second kappa shape index (κ2) is 17.2. The Bertz CT molecular complexity index is 1420. The summed E-state index contributed by atoms with van der Waals surface area (Å²) in [5.41, 5.74) is 0. The summed E-state index contributed by atoms with van der Waals surface area (Å²) in [6, 6.07) is 63.2. The van der Waals surface area contributed by atoms with Crippen LogP contribution in [0.2, 0.25) is 0 Å². The van der Waals surface area contributed by atoms with Crippen LogP contribution in [0.3, 0.4) is 0 Å². The summed E-state index contributed by atoms with van der Waals surface area (Å²) in [5, 5.41) is 7.00. The molecule has 1 nitrogen and oxygen atoms in total. The van der Waals surface area contributed by atoms with Gasteiger partial charge in [0.2, 0.25) is 0 Å². The Morgan fingerprint density at radius 1 is 0.356 bits per heavy atom. The van der Waals surface area contributed by atoms with Crippen LogP contribution < -0.4 is 31.8 Å². The predicted octanol–water partition coefficient (Wildman–Crippen LogP) is 8.62. The molecule has 0 heterocycles. The minimum atomic E-state index is -3.29. The maximum absolute atomic E-state index is 16.4. The van der Waals surface area contributed by atoms with E-state index in [0.29, 0.717) is 5.27 Å². The molecular formula is C37H32Cl3OP2Rh2+. The first-order valence-corrected chi connectivity index (χ1v) is 24.4. The summed E-state index contributed by atoms with van der Waals surface area (Å²) < 4.78 is 0. The standard InChI is InChI=1S/C37H32OP2.3ClH.2Rh/c38-37(39(31-19-7-1-8-20-31,32-21-9-2-10-22-32)33-23-11-3-12-24-33)40(34-25-13-4-14-26-34,35-27-15-5-16-28-35)36-29-17-6-18-30-36;;;;;/h1-30,39-40H;3*1H;;/q;;;;+1;+3/p-3. The molecule has 8 heteroatoms. The average molecular weight is 867 g/mol. The maximum atomic E-state index is 16.4. The Labute approximate surface area is 297 Å². The largest absolute Gasteiger partial charge is 1.00 e. The first-order chi connectivity index (χ1) is 21.5. The molecule has 0 unspecified atom stereocenters. The SMILES string of the molecule is O=C([PH](c1ccccc1)(c1ccccc1)c1ccccc1)[PH](c1ccccc1)(c1ccccc1)c1ccccc1.[Cl][Rh]([Cl])[Cl].[Rh+]. The van der Waals surface area contributed by atoms with Crippen LogP contribution in [0.15, 0.2) is 182 Å². The zero-order valence-electron chi connectivity index (χ0n) is 24.0. The Balaban J connectivity index is 0.000000871. The van der Waals surface area contributed by atoms with Gasteiger partial charge in [-0.15, -0.1) is 0 Å². The van der Waals surface area contributed by atoms with E-state index in [1.807, 2.05) is 36.4 Å². The molecule has 0 radical (unpaired) electrons. The van der Waals surface area contributed by atoms with Crippen LogP contribution in [-0.4, -0.2) is 5.27 Å². The van der Waals surface area contributed by atoms with Crippen LogP contribution in [0.1, 0.15) is 0 Å². The van der Waals surface area contributed by atoms with Gasteiger partial charge in [-0.1, -0.05) is 0 Å². The summed E-state index contributed by atoms with van der Waals surface area (Å²) in [6.45, 7) is 0. The zero-order chi connectivity index (χ0) is 30.8. The van der Waals surface area contributed by atoms with Crippen molar-refractivity contribution in [2.45, 2.75) is 0 Å². The van der Waals surface area contributed by atoms with Gasteiger partial charge in [0.25, 0.3) is 0 Å². The fourth-order valence-electron chi connectivity index (χ4n) is 6.20. The monoisotopic (exact) mass is 865 g/mol. The smallest absolute Gasteiger partial charge is 1.00 e. The number of halogens is 3. The number of hydrogen-bond donors (Lipinski definition) is 0. The number of benzene rings is 6. The van der Waals surface area contributed by atoms with Crippen molar-refractivity contribution < 1.29 is 37.3 Å². The third-order valence-corrected chi connectivity index (χ3v) is 18.7. The van der Waals surface area contributed by atoms with E-state index in [2.05, 4.69) is 146 Å². The molecule has 0 bridgehead atoms. The first-order valence-electron chi connectivity index (χ1n) is 14.0. The van der Waals surface area contributed by atoms with Gasteiger partial charge in [0.05, 0.1) is 0 Å². The van der Waals surface area contributed by atoms with Crippen molar-refractivity contribution in [1.29, 1.82) is 0 Å². The van der Waals surface area contributed by atoms with E-state index in [1.165, 1.54) is 0 Å². The van der Waals surface area contributed by atoms with E-state index in [0.717, 1.165) is 31.8 Å². The predicted molar refractivity (Wildman–Crippen MR) is 196 cm³/mol. The Kier molecular flexibility index (Phi) is 13.7. The third-order valence-electron chi connectivity index (χ3n) is 7.92. The van der Waals surface area contributed by atoms with Gasteiger partial charge in [0, 0.05) is 0 Å². The molecule has 0 amide bonds. The second-order valence-corrected chi connectivity index (χ2v) is 25.5. The topological polar surface area (TPSA) is 17.1 Å². The van der Waals surface area contributed by atoms with Gasteiger partial charge in [-0.25, -0.2) is 0 Å². The fraction of sp³-hybridized carbons (Fsp3) is 0. The molecule has 0 aliphatic carbocycles. The maximum Gasteiger partial charge on any atom is 1.00 e. The quantitative estimate of drug-likeness (QED) is 0.111. The van der Waals surface area contributed by atoms with E-state index in [1.54, 1.807) is 0 Å². The van der Waals surface area contributed by atoms with E-state index in [-0.39, 0.29) is 19.5 Å². The van der Waals surface area contributed by atoms with Crippen molar-refractivity contribution in [1.82, 2.24) is 0 Å². The van der Waals surface area contributed by atoms with Crippen LogP contribution in [0.5, 0.6) is 0 Å². The number of rotatable bonds is 8. The average Bonchev–Trinajstić information content (AvgIpc) is 3.08. The van der Waals surface area contributed by atoms with Crippen molar-refractivity contribution >= 4 is 80.7 Å². The van der Waals surface area contributed by atoms with E-state index in [9.17, 15) is 0 Å². The summed E-state index contributed by atoms with van der Waals surface area (Å²) in [6.07, 6.45) is 0. The van der Waals surface area contributed by atoms with Crippen molar-refractivity contribution in [2.75, 3.05) is 0 Å². The van der Waals surface area contributed by atoms with Gasteiger partial charge in [-0.05, 0) is 0 Å². The molecule has 6 aromatic carbocycles. The van der Waals surface area contributed by atoms with E-state index < -0.39 is 27.5 Å². The van der Waals surface area contributed by atoms with Gasteiger partial charge in [-0.3, -0.25) is 0 Å². The molecule has 45 heavy (non-hydrogen) atoms. The fourth-order valence-corrected chi connectivity index (χ4v) is 18.8. The van der Waals surface area contributed by atoms with Crippen LogP contribution in [0, 0.1) is 0 Å². The van der Waals surface area contributed by atoms with Gasteiger partial charge in [0.1, 0.15) is 0 Å². The first kappa shape index (κ1) is 35.8. The van der Waals surface area contributed by atoms with Crippen LogP contribution >= 0.6 is 43.6 Å². The minimum absolute atomic E-state index is 0. The molecule has 0 atom stereocenters.